The summed E-state index contributed by atoms with van der Waals surface area (Å²) in [6.07, 6.45) is 5.62. The van der Waals surface area contributed by atoms with Crippen LogP contribution in [0.4, 0.5) is 5.82 Å². The third kappa shape index (κ3) is 3.25. The Morgan fingerprint density at radius 2 is 2.08 bits per heavy atom. The summed E-state index contributed by atoms with van der Waals surface area (Å²) in [5.41, 5.74) is 2.81. The molecule has 1 aliphatic heterocycles. The van der Waals surface area contributed by atoms with Gasteiger partial charge in [0, 0.05) is 43.8 Å². The normalized spacial score (nSPS) is 17.3. The van der Waals surface area contributed by atoms with Gasteiger partial charge in [-0.1, -0.05) is 18.2 Å². The first-order valence-electron chi connectivity index (χ1n) is 9.02. The maximum atomic E-state index is 13.0. The Kier molecular flexibility index (Phi) is 4.52. The predicted octanol–water partition coefficient (Wildman–Crippen LogP) is 3.69. The summed E-state index contributed by atoms with van der Waals surface area (Å²) in [6, 6.07) is 14.0. The van der Waals surface area contributed by atoms with E-state index in [0.717, 1.165) is 42.7 Å². The zero-order valence-electron chi connectivity index (χ0n) is 14.9. The number of likely N-dealkylation sites (tertiary alicyclic amines) is 1. The number of aromatic nitrogens is 2. The van der Waals surface area contributed by atoms with Gasteiger partial charge in [-0.25, -0.2) is 4.98 Å². The fraction of sp³-hybridized carbons (Fsp3) is 0.286. The van der Waals surface area contributed by atoms with Gasteiger partial charge >= 0.3 is 0 Å². The second kappa shape index (κ2) is 7.12. The molecule has 5 heteroatoms. The van der Waals surface area contributed by atoms with E-state index in [0.29, 0.717) is 11.5 Å². The van der Waals surface area contributed by atoms with E-state index in [2.05, 4.69) is 27.4 Å². The summed E-state index contributed by atoms with van der Waals surface area (Å²) >= 11 is 0. The van der Waals surface area contributed by atoms with Gasteiger partial charge in [-0.3, -0.25) is 9.78 Å². The molecule has 0 radical (unpaired) electrons. The Hall–Kier alpha value is -2.95. The molecule has 1 atom stereocenters. The molecule has 0 spiro atoms. The number of carbonyl (C=O) groups excluding carboxylic acids is 1. The number of hydrogen-bond acceptors (Lipinski definition) is 4. The van der Waals surface area contributed by atoms with Crippen molar-refractivity contribution in [2.45, 2.75) is 18.8 Å². The topological polar surface area (TPSA) is 58.1 Å². The Morgan fingerprint density at radius 3 is 2.96 bits per heavy atom. The number of nitrogens with one attached hydrogen (secondary N) is 1. The van der Waals surface area contributed by atoms with E-state index in [-0.39, 0.29) is 5.91 Å². The molecule has 3 aromatic rings. The molecule has 1 N–H and O–H groups in total. The molecule has 4 rings (SSSR count). The summed E-state index contributed by atoms with van der Waals surface area (Å²) in [7, 11) is 1.87. The summed E-state index contributed by atoms with van der Waals surface area (Å²) in [4.78, 5) is 23.7. The Labute approximate surface area is 153 Å². The lowest BCUT2D eigenvalue weighted by molar-refractivity contribution is 0.0707. The van der Waals surface area contributed by atoms with Crippen molar-refractivity contribution in [1.82, 2.24) is 14.9 Å². The fourth-order valence-corrected chi connectivity index (χ4v) is 3.64. The van der Waals surface area contributed by atoms with Crippen LogP contribution in [0.25, 0.3) is 10.9 Å². The van der Waals surface area contributed by atoms with Gasteiger partial charge in [-0.05, 0) is 42.7 Å². The fourth-order valence-electron chi connectivity index (χ4n) is 3.64. The molecule has 2 aromatic heterocycles. The van der Waals surface area contributed by atoms with Gasteiger partial charge < -0.3 is 10.2 Å². The predicted molar refractivity (Wildman–Crippen MR) is 103 cm³/mol. The molecule has 0 aliphatic carbocycles. The molecule has 0 saturated carbocycles. The number of benzene rings is 1. The minimum atomic E-state index is 0.0656. The second-order valence-electron chi connectivity index (χ2n) is 6.73. The number of para-hydroxylation sites is 1. The molecule has 1 aromatic carbocycles. The number of fused-ring (bicyclic) bond motifs is 1. The average Bonchev–Trinajstić information content (AvgIpc) is 2.73. The molecule has 1 saturated heterocycles. The summed E-state index contributed by atoms with van der Waals surface area (Å²) in [5.74, 6) is 1.27. The van der Waals surface area contributed by atoms with Crippen LogP contribution in [0.2, 0.25) is 0 Å². The monoisotopic (exact) mass is 346 g/mol. The molecule has 0 unspecified atom stereocenters. The van der Waals surface area contributed by atoms with Crippen LogP contribution >= 0.6 is 0 Å². The SMILES string of the molecule is CNc1cc([C@H]2CCCN(C(=O)c3cnc4ccccc4c3)C2)ccn1. The number of nitrogens with zero attached hydrogens (tertiary/aromatic N) is 3. The lowest BCUT2D eigenvalue weighted by Gasteiger charge is -2.33. The number of hydrogen-bond donors (Lipinski definition) is 1. The van der Waals surface area contributed by atoms with E-state index in [1.54, 1.807) is 6.20 Å². The van der Waals surface area contributed by atoms with Crippen molar-refractivity contribution >= 4 is 22.6 Å². The smallest absolute Gasteiger partial charge is 0.255 e. The van der Waals surface area contributed by atoms with Gasteiger partial charge in [-0.15, -0.1) is 0 Å². The molecule has 26 heavy (non-hydrogen) atoms. The van der Waals surface area contributed by atoms with Crippen LogP contribution in [-0.2, 0) is 0 Å². The van der Waals surface area contributed by atoms with Gasteiger partial charge in [0.2, 0.25) is 0 Å². The summed E-state index contributed by atoms with van der Waals surface area (Å²) < 4.78 is 0. The lowest BCUT2D eigenvalue weighted by atomic mass is 9.91. The Balaban J connectivity index is 1.55. The molecular formula is C21H22N4O. The number of amides is 1. The van der Waals surface area contributed by atoms with Gasteiger partial charge in [0.25, 0.3) is 5.91 Å². The molecular weight excluding hydrogens is 324 g/mol. The largest absolute Gasteiger partial charge is 0.373 e. The highest BCUT2D eigenvalue weighted by Gasteiger charge is 2.26. The van der Waals surface area contributed by atoms with E-state index in [9.17, 15) is 4.79 Å². The van der Waals surface area contributed by atoms with E-state index >= 15 is 0 Å². The summed E-state index contributed by atoms with van der Waals surface area (Å²) in [5, 5.41) is 4.08. The third-order valence-corrected chi connectivity index (χ3v) is 5.06. The lowest BCUT2D eigenvalue weighted by Crippen LogP contribution is -2.39. The first kappa shape index (κ1) is 16.5. The van der Waals surface area contributed by atoms with Gasteiger partial charge in [-0.2, -0.15) is 0 Å². The van der Waals surface area contributed by atoms with Crippen LogP contribution in [-0.4, -0.2) is 40.9 Å². The van der Waals surface area contributed by atoms with E-state index in [1.165, 1.54) is 5.56 Å². The molecule has 1 amide bonds. The molecule has 3 heterocycles. The average molecular weight is 346 g/mol. The van der Waals surface area contributed by atoms with E-state index in [4.69, 9.17) is 0 Å². The van der Waals surface area contributed by atoms with Crippen LogP contribution in [0.15, 0.2) is 54.9 Å². The van der Waals surface area contributed by atoms with Crippen molar-refractivity contribution in [2.24, 2.45) is 0 Å². The quantitative estimate of drug-likeness (QED) is 0.786. The van der Waals surface area contributed by atoms with Crippen LogP contribution < -0.4 is 5.32 Å². The molecule has 132 valence electrons. The standard InChI is InChI=1S/C21H22N4O/c1-22-20-12-15(8-9-23-20)17-6-4-10-25(14-17)21(26)18-11-16-5-2-3-7-19(16)24-13-18/h2-3,5,7-9,11-13,17H,4,6,10,14H2,1H3,(H,22,23)/t17-/m0/s1. The van der Waals surface area contributed by atoms with Crippen molar-refractivity contribution < 1.29 is 4.79 Å². The molecule has 0 bridgehead atoms. The van der Waals surface area contributed by atoms with Crippen molar-refractivity contribution in [2.75, 3.05) is 25.5 Å². The molecule has 1 aliphatic rings. The second-order valence-corrected chi connectivity index (χ2v) is 6.73. The highest BCUT2D eigenvalue weighted by molar-refractivity contribution is 5.97. The number of piperidine rings is 1. The number of carbonyl (C=O) groups is 1. The van der Waals surface area contributed by atoms with Crippen molar-refractivity contribution in [3.05, 3.63) is 66.0 Å². The minimum Gasteiger partial charge on any atom is -0.373 e. The molecule has 5 nitrogen and oxygen atoms in total. The Bertz CT molecular complexity index is 940. The number of pyridine rings is 2. The van der Waals surface area contributed by atoms with Gasteiger partial charge in [0.05, 0.1) is 11.1 Å². The highest BCUT2D eigenvalue weighted by Crippen LogP contribution is 2.28. The Morgan fingerprint density at radius 1 is 1.19 bits per heavy atom. The minimum absolute atomic E-state index is 0.0656. The van der Waals surface area contributed by atoms with Crippen LogP contribution in [0.5, 0.6) is 0 Å². The van der Waals surface area contributed by atoms with Crippen LogP contribution in [0.1, 0.15) is 34.7 Å². The number of anilines is 1. The maximum absolute atomic E-state index is 13.0. The van der Waals surface area contributed by atoms with Crippen molar-refractivity contribution in [3.63, 3.8) is 0 Å². The van der Waals surface area contributed by atoms with E-state index in [1.807, 2.05) is 48.5 Å². The third-order valence-electron chi connectivity index (χ3n) is 5.06. The van der Waals surface area contributed by atoms with Crippen molar-refractivity contribution in [1.29, 1.82) is 0 Å². The van der Waals surface area contributed by atoms with Crippen molar-refractivity contribution in [3.8, 4) is 0 Å². The first-order valence-corrected chi connectivity index (χ1v) is 9.02. The first-order chi connectivity index (χ1) is 12.7. The summed E-state index contributed by atoms with van der Waals surface area (Å²) in [6.45, 7) is 1.53. The van der Waals surface area contributed by atoms with Gasteiger partial charge in [0.1, 0.15) is 5.82 Å². The molecule has 1 fully saturated rings. The highest BCUT2D eigenvalue weighted by atomic mass is 16.2. The van der Waals surface area contributed by atoms with E-state index < -0.39 is 0 Å². The zero-order chi connectivity index (χ0) is 17.9. The maximum Gasteiger partial charge on any atom is 0.255 e. The number of rotatable bonds is 3. The zero-order valence-corrected chi connectivity index (χ0v) is 14.9. The van der Waals surface area contributed by atoms with Gasteiger partial charge in [0.15, 0.2) is 0 Å². The van der Waals surface area contributed by atoms with Crippen LogP contribution in [0.3, 0.4) is 0 Å². The van der Waals surface area contributed by atoms with Crippen LogP contribution in [0, 0.1) is 0 Å².